The van der Waals surface area contributed by atoms with E-state index in [1.165, 1.54) is 5.56 Å². The summed E-state index contributed by atoms with van der Waals surface area (Å²) in [5, 5.41) is 0. The highest BCUT2D eigenvalue weighted by molar-refractivity contribution is 5.78. The predicted molar refractivity (Wildman–Crippen MR) is 81.9 cm³/mol. The van der Waals surface area contributed by atoms with Gasteiger partial charge in [0.15, 0.2) is 0 Å². The highest BCUT2D eigenvalue weighted by atomic mass is 16.2. The molecule has 0 bridgehead atoms. The molecule has 0 saturated carbocycles. The van der Waals surface area contributed by atoms with Gasteiger partial charge in [0.05, 0.1) is 6.42 Å². The molecule has 1 amide bonds. The van der Waals surface area contributed by atoms with Crippen molar-refractivity contribution in [3.8, 4) is 0 Å². The molecule has 0 saturated heterocycles. The lowest BCUT2D eigenvalue weighted by Gasteiger charge is -2.18. The largest absolute Gasteiger partial charge is 0.298 e. The van der Waals surface area contributed by atoms with E-state index in [-0.39, 0.29) is 5.91 Å². The molecule has 0 aliphatic heterocycles. The zero-order chi connectivity index (χ0) is 15.1. The number of hydrogen-bond donors (Lipinski definition) is 2. The van der Waals surface area contributed by atoms with Crippen LogP contribution in [0.5, 0.6) is 0 Å². The first-order valence-corrected chi connectivity index (χ1v) is 6.82. The molecule has 1 aromatic heterocycles. The van der Waals surface area contributed by atoms with E-state index in [0.29, 0.717) is 6.42 Å². The molecule has 110 valence electrons. The monoisotopic (exact) mass is 284 g/mol. The lowest BCUT2D eigenvalue weighted by Crippen LogP contribution is -2.31. The molecule has 5 heteroatoms. The molecule has 0 radical (unpaired) electrons. The third-order valence-corrected chi connectivity index (χ3v) is 3.27. The van der Waals surface area contributed by atoms with Gasteiger partial charge >= 0.3 is 0 Å². The molecule has 0 atom stereocenters. The van der Waals surface area contributed by atoms with Gasteiger partial charge in [0.2, 0.25) is 5.91 Å². The van der Waals surface area contributed by atoms with Gasteiger partial charge < -0.3 is 0 Å². The van der Waals surface area contributed by atoms with E-state index in [0.717, 1.165) is 24.2 Å². The number of amides is 1. The fourth-order valence-corrected chi connectivity index (χ4v) is 2.25. The highest BCUT2D eigenvalue weighted by Crippen LogP contribution is 2.13. The summed E-state index contributed by atoms with van der Waals surface area (Å²) in [7, 11) is 2.06. The van der Waals surface area contributed by atoms with Crippen molar-refractivity contribution in [2.24, 2.45) is 5.84 Å². The van der Waals surface area contributed by atoms with Gasteiger partial charge in [0, 0.05) is 25.5 Å². The fraction of sp³-hybridized carbons (Fsp3) is 0.250. The van der Waals surface area contributed by atoms with E-state index in [2.05, 4.69) is 22.4 Å². The molecule has 1 heterocycles. The Morgan fingerprint density at radius 1 is 1.14 bits per heavy atom. The SMILES string of the molecule is CN(Cc1ccncc1)Cc1ccccc1CC(=O)NN. The number of carbonyl (C=O) groups excluding carboxylic acids is 1. The van der Waals surface area contributed by atoms with Crippen LogP contribution >= 0.6 is 0 Å². The van der Waals surface area contributed by atoms with E-state index in [1.807, 2.05) is 36.4 Å². The average Bonchev–Trinajstić information content (AvgIpc) is 2.50. The van der Waals surface area contributed by atoms with Crippen LogP contribution < -0.4 is 11.3 Å². The number of nitrogens with two attached hydrogens (primary N) is 1. The highest BCUT2D eigenvalue weighted by Gasteiger charge is 2.09. The topological polar surface area (TPSA) is 71.2 Å². The van der Waals surface area contributed by atoms with Crippen LogP contribution in [0.4, 0.5) is 0 Å². The summed E-state index contributed by atoms with van der Waals surface area (Å²) in [6, 6.07) is 11.9. The second-order valence-electron chi connectivity index (χ2n) is 5.04. The molecule has 0 aliphatic carbocycles. The summed E-state index contributed by atoms with van der Waals surface area (Å²) in [5.74, 6) is 4.98. The lowest BCUT2D eigenvalue weighted by atomic mass is 10.0. The van der Waals surface area contributed by atoms with E-state index in [9.17, 15) is 4.79 Å². The molecule has 0 unspecified atom stereocenters. The van der Waals surface area contributed by atoms with Gasteiger partial charge in [-0.2, -0.15) is 0 Å². The van der Waals surface area contributed by atoms with Crippen molar-refractivity contribution in [1.29, 1.82) is 0 Å². The van der Waals surface area contributed by atoms with Gasteiger partial charge in [-0.25, -0.2) is 5.84 Å². The van der Waals surface area contributed by atoms with Crippen molar-refractivity contribution in [3.05, 3.63) is 65.5 Å². The van der Waals surface area contributed by atoms with E-state index in [1.54, 1.807) is 12.4 Å². The number of hydrogen-bond acceptors (Lipinski definition) is 4. The second kappa shape index (κ2) is 7.52. The van der Waals surface area contributed by atoms with Crippen LogP contribution in [0.2, 0.25) is 0 Å². The first-order valence-electron chi connectivity index (χ1n) is 6.82. The quantitative estimate of drug-likeness (QED) is 0.476. The number of pyridine rings is 1. The standard InChI is InChI=1S/C16H20N4O/c1-20(11-13-6-8-18-9-7-13)12-15-5-3-2-4-14(15)10-16(21)19-17/h2-9H,10-12,17H2,1H3,(H,19,21). The number of hydrazine groups is 1. The summed E-state index contributed by atoms with van der Waals surface area (Å²) in [6.45, 7) is 1.61. The minimum atomic E-state index is -0.181. The van der Waals surface area contributed by atoms with Crippen LogP contribution in [0.25, 0.3) is 0 Å². The number of aromatic nitrogens is 1. The summed E-state index contributed by atoms with van der Waals surface area (Å²) in [4.78, 5) is 17.7. The predicted octanol–water partition coefficient (Wildman–Crippen LogP) is 1.25. The molecule has 5 nitrogen and oxygen atoms in total. The molecule has 0 spiro atoms. The van der Waals surface area contributed by atoms with Gasteiger partial charge in [-0.05, 0) is 35.9 Å². The minimum absolute atomic E-state index is 0.181. The first-order chi connectivity index (χ1) is 10.2. The smallest absolute Gasteiger partial charge is 0.238 e. The Morgan fingerprint density at radius 2 is 1.81 bits per heavy atom. The van der Waals surface area contributed by atoms with Crippen molar-refractivity contribution >= 4 is 5.91 Å². The van der Waals surface area contributed by atoms with Gasteiger partial charge in [0.1, 0.15) is 0 Å². The zero-order valence-electron chi connectivity index (χ0n) is 12.1. The maximum absolute atomic E-state index is 11.5. The number of benzene rings is 1. The summed E-state index contributed by atoms with van der Waals surface area (Å²) >= 11 is 0. The Morgan fingerprint density at radius 3 is 2.48 bits per heavy atom. The molecule has 0 fully saturated rings. The van der Waals surface area contributed by atoms with E-state index >= 15 is 0 Å². The van der Waals surface area contributed by atoms with Crippen molar-refractivity contribution in [2.45, 2.75) is 19.5 Å². The molecule has 2 aromatic rings. The van der Waals surface area contributed by atoms with Gasteiger partial charge in [-0.3, -0.25) is 20.1 Å². The lowest BCUT2D eigenvalue weighted by molar-refractivity contribution is -0.120. The number of nitrogens with one attached hydrogen (secondary N) is 1. The Labute approximate surface area is 124 Å². The zero-order valence-corrected chi connectivity index (χ0v) is 12.1. The van der Waals surface area contributed by atoms with Crippen LogP contribution in [0, 0.1) is 0 Å². The van der Waals surface area contributed by atoms with Gasteiger partial charge in [0.25, 0.3) is 0 Å². The molecular weight excluding hydrogens is 264 g/mol. The Bertz CT molecular complexity index is 586. The Balaban J connectivity index is 2.03. The third-order valence-electron chi connectivity index (χ3n) is 3.27. The van der Waals surface area contributed by atoms with Crippen LogP contribution in [0.15, 0.2) is 48.8 Å². The fourth-order valence-electron chi connectivity index (χ4n) is 2.25. The summed E-state index contributed by atoms with van der Waals surface area (Å²) in [6.07, 6.45) is 3.89. The molecule has 1 aromatic carbocycles. The van der Waals surface area contributed by atoms with Crippen LogP contribution in [0.1, 0.15) is 16.7 Å². The van der Waals surface area contributed by atoms with E-state index in [4.69, 9.17) is 5.84 Å². The van der Waals surface area contributed by atoms with Gasteiger partial charge in [-0.15, -0.1) is 0 Å². The molecule has 2 rings (SSSR count). The third kappa shape index (κ3) is 4.66. The average molecular weight is 284 g/mol. The van der Waals surface area contributed by atoms with Crippen LogP contribution in [-0.2, 0) is 24.3 Å². The molecule has 0 aliphatic rings. The number of rotatable bonds is 6. The molecule has 3 N–H and O–H groups in total. The van der Waals surface area contributed by atoms with E-state index < -0.39 is 0 Å². The summed E-state index contributed by atoms with van der Waals surface area (Å²) in [5.41, 5.74) is 5.53. The van der Waals surface area contributed by atoms with Crippen molar-refractivity contribution in [1.82, 2.24) is 15.3 Å². The van der Waals surface area contributed by atoms with Crippen molar-refractivity contribution in [3.63, 3.8) is 0 Å². The van der Waals surface area contributed by atoms with Gasteiger partial charge in [-0.1, -0.05) is 24.3 Å². The summed E-state index contributed by atoms with van der Waals surface area (Å²) < 4.78 is 0. The molecular formula is C16H20N4O. The van der Waals surface area contributed by atoms with Crippen molar-refractivity contribution in [2.75, 3.05) is 7.05 Å². The first kappa shape index (κ1) is 15.2. The Kier molecular flexibility index (Phi) is 5.43. The van der Waals surface area contributed by atoms with Crippen LogP contribution in [-0.4, -0.2) is 22.8 Å². The van der Waals surface area contributed by atoms with Crippen molar-refractivity contribution < 1.29 is 4.79 Å². The normalized spacial score (nSPS) is 10.6. The maximum atomic E-state index is 11.5. The van der Waals surface area contributed by atoms with Crippen LogP contribution in [0.3, 0.4) is 0 Å². The Hall–Kier alpha value is -2.24. The number of nitrogens with zero attached hydrogens (tertiary/aromatic N) is 2. The second-order valence-corrected chi connectivity index (χ2v) is 5.04. The maximum Gasteiger partial charge on any atom is 0.238 e. The molecule has 21 heavy (non-hydrogen) atoms. The minimum Gasteiger partial charge on any atom is -0.298 e. The number of carbonyl (C=O) groups is 1.